The smallest absolute Gasteiger partial charge is 0.271 e. The van der Waals surface area contributed by atoms with E-state index in [1.165, 1.54) is 12.3 Å². The van der Waals surface area contributed by atoms with Crippen molar-refractivity contribution in [1.29, 1.82) is 0 Å². The third-order valence-electron chi connectivity index (χ3n) is 3.59. The van der Waals surface area contributed by atoms with E-state index in [1.807, 2.05) is 0 Å². The van der Waals surface area contributed by atoms with Gasteiger partial charge in [-0.3, -0.25) is 14.6 Å². The van der Waals surface area contributed by atoms with Crippen LogP contribution >= 0.6 is 0 Å². The number of pyridine rings is 1. The van der Waals surface area contributed by atoms with E-state index in [1.54, 1.807) is 44.2 Å². The fraction of sp³-hybridized carbons (Fsp3) is 0.250. The molecule has 4 nitrogen and oxygen atoms in total. The fourth-order valence-corrected chi connectivity index (χ4v) is 2.24. The van der Waals surface area contributed by atoms with Gasteiger partial charge in [0.2, 0.25) is 0 Å². The number of hydrogen-bond acceptors (Lipinski definition) is 3. The molecular formula is C20H19FN2O2. The van der Waals surface area contributed by atoms with Gasteiger partial charge in [-0.15, -0.1) is 6.42 Å². The molecule has 1 N–H and O–H groups in total. The lowest BCUT2D eigenvalue weighted by molar-refractivity contribution is -0.117. The monoisotopic (exact) mass is 338 g/mol. The van der Waals surface area contributed by atoms with Gasteiger partial charge in [0.25, 0.3) is 5.91 Å². The Morgan fingerprint density at radius 2 is 1.96 bits per heavy atom. The minimum Gasteiger partial charge on any atom is -0.335 e. The molecule has 5 heteroatoms. The van der Waals surface area contributed by atoms with Crippen LogP contribution in [0, 0.1) is 18.2 Å². The molecule has 0 radical (unpaired) electrons. The van der Waals surface area contributed by atoms with Gasteiger partial charge in [0, 0.05) is 19.0 Å². The molecule has 0 spiro atoms. The highest BCUT2D eigenvalue weighted by Crippen LogP contribution is 2.11. The average molecular weight is 338 g/mol. The van der Waals surface area contributed by atoms with Gasteiger partial charge in [-0.25, -0.2) is 4.39 Å². The molecule has 25 heavy (non-hydrogen) atoms. The van der Waals surface area contributed by atoms with Crippen molar-refractivity contribution in [2.75, 3.05) is 0 Å². The predicted octanol–water partition coefficient (Wildman–Crippen LogP) is 2.72. The van der Waals surface area contributed by atoms with Gasteiger partial charge >= 0.3 is 0 Å². The first-order chi connectivity index (χ1) is 11.8. The predicted molar refractivity (Wildman–Crippen MR) is 93.4 cm³/mol. The van der Waals surface area contributed by atoms with Crippen molar-refractivity contribution in [3.63, 3.8) is 0 Å². The zero-order valence-corrected chi connectivity index (χ0v) is 14.2. The van der Waals surface area contributed by atoms with Crippen molar-refractivity contribution in [3.8, 4) is 12.3 Å². The number of aromatic nitrogens is 1. The summed E-state index contributed by atoms with van der Waals surface area (Å²) in [4.78, 5) is 28.4. The van der Waals surface area contributed by atoms with Gasteiger partial charge < -0.3 is 5.32 Å². The van der Waals surface area contributed by atoms with Gasteiger partial charge in [-0.05, 0) is 43.2 Å². The van der Waals surface area contributed by atoms with Crippen LogP contribution in [0.2, 0.25) is 0 Å². The van der Waals surface area contributed by atoms with E-state index in [0.29, 0.717) is 11.1 Å². The lowest BCUT2D eigenvalue weighted by atomic mass is 10.0. The SMILES string of the molecule is C#CC(C)(C)NC(=O)c1cc(CC(=O)Cc2ccccc2F)ccn1. The maximum atomic E-state index is 13.6. The van der Waals surface area contributed by atoms with Crippen molar-refractivity contribution < 1.29 is 14.0 Å². The average Bonchev–Trinajstić information content (AvgIpc) is 2.57. The number of Topliss-reactive ketones (excluding diaryl/α,β-unsaturated/α-hetero) is 1. The van der Waals surface area contributed by atoms with Crippen LogP contribution in [0.3, 0.4) is 0 Å². The van der Waals surface area contributed by atoms with Crippen LogP contribution in [0.25, 0.3) is 0 Å². The summed E-state index contributed by atoms with van der Waals surface area (Å²) in [7, 11) is 0. The molecule has 0 aliphatic heterocycles. The van der Waals surface area contributed by atoms with E-state index in [-0.39, 0.29) is 24.3 Å². The van der Waals surface area contributed by atoms with E-state index in [9.17, 15) is 14.0 Å². The maximum Gasteiger partial charge on any atom is 0.271 e. The van der Waals surface area contributed by atoms with Crippen molar-refractivity contribution in [3.05, 3.63) is 65.2 Å². The van der Waals surface area contributed by atoms with Crippen LogP contribution in [-0.2, 0) is 17.6 Å². The molecule has 2 rings (SSSR count). The summed E-state index contributed by atoms with van der Waals surface area (Å²) in [6, 6.07) is 9.37. The molecule has 2 aromatic rings. The number of benzene rings is 1. The molecule has 128 valence electrons. The highest BCUT2D eigenvalue weighted by molar-refractivity contribution is 5.93. The molecule has 0 bridgehead atoms. The quantitative estimate of drug-likeness (QED) is 0.824. The maximum absolute atomic E-state index is 13.6. The van der Waals surface area contributed by atoms with Crippen LogP contribution in [0.15, 0.2) is 42.6 Å². The summed E-state index contributed by atoms with van der Waals surface area (Å²) in [6.45, 7) is 3.40. The Hall–Kier alpha value is -3.00. The molecule has 0 aliphatic carbocycles. The highest BCUT2D eigenvalue weighted by Gasteiger charge is 2.19. The second kappa shape index (κ2) is 7.71. The van der Waals surface area contributed by atoms with E-state index in [2.05, 4.69) is 16.2 Å². The summed E-state index contributed by atoms with van der Waals surface area (Å²) in [5.74, 6) is 1.51. The normalized spacial score (nSPS) is 10.8. The third-order valence-corrected chi connectivity index (χ3v) is 3.59. The van der Waals surface area contributed by atoms with Gasteiger partial charge in [-0.2, -0.15) is 0 Å². The number of rotatable bonds is 6. The van der Waals surface area contributed by atoms with Gasteiger partial charge in [0.15, 0.2) is 0 Å². The summed E-state index contributed by atoms with van der Waals surface area (Å²) in [5, 5.41) is 2.68. The van der Waals surface area contributed by atoms with E-state index in [4.69, 9.17) is 6.42 Å². The van der Waals surface area contributed by atoms with Gasteiger partial charge in [0.1, 0.15) is 17.3 Å². The molecule has 0 saturated heterocycles. The topological polar surface area (TPSA) is 59.1 Å². The van der Waals surface area contributed by atoms with Crippen molar-refractivity contribution in [1.82, 2.24) is 10.3 Å². The van der Waals surface area contributed by atoms with Crippen molar-refractivity contribution in [2.45, 2.75) is 32.2 Å². The Balaban J connectivity index is 2.06. The molecule has 0 atom stereocenters. The zero-order valence-electron chi connectivity index (χ0n) is 14.2. The van der Waals surface area contributed by atoms with Crippen LogP contribution in [0.5, 0.6) is 0 Å². The van der Waals surface area contributed by atoms with E-state index in [0.717, 1.165) is 0 Å². The van der Waals surface area contributed by atoms with Crippen LogP contribution in [0.1, 0.15) is 35.5 Å². The molecule has 1 amide bonds. The van der Waals surface area contributed by atoms with Crippen LogP contribution < -0.4 is 5.32 Å². The van der Waals surface area contributed by atoms with E-state index < -0.39 is 17.3 Å². The Labute approximate surface area is 146 Å². The molecule has 0 saturated carbocycles. The highest BCUT2D eigenvalue weighted by atomic mass is 19.1. The lowest BCUT2D eigenvalue weighted by Crippen LogP contribution is -2.42. The molecule has 0 fully saturated rings. The van der Waals surface area contributed by atoms with Crippen molar-refractivity contribution in [2.24, 2.45) is 0 Å². The van der Waals surface area contributed by atoms with Crippen LogP contribution in [0.4, 0.5) is 4.39 Å². The third kappa shape index (κ3) is 5.25. The zero-order chi connectivity index (χ0) is 18.4. The number of halogens is 1. The van der Waals surface area contributed by atoms with Gasteiger partial charge in [0.05, 0.1) is 5.54 Å². The number of carbonyl (C=O) groups excluding carboxylic acids is 2. The second-order valence-corrected chi connectivity index (χ2v) is 6.26. The Kier molecular flexibility index (Phi) is 5.66. The largest absolute Gasteiger partial charge is 0.335 e. The number of amides is 1. The molecule has 0 aliphatic rings. The molecular weight excluding hydrogens is 319 g/mol. The number of carbonyl (C=O) groups is 2. The lowest BCUT2D eigenvalue weighted by Gasteiger charge is -2.19. The fourth-order valence-electron chi connectivity index (χ4n) is 2.24. The molecule has 1 aromatic carbocycles. The van der Waals surface area contributed by atoms with Gasteiger partial charge in [-0.1, -0.05) is 24.1 Å². The summed E-state index contributed by atoms with van der Waals surface area (Å²) in [5.41, 5.74) is 0.380. The minimum atomic E-state index is -0.796. The number of terminal acetylenes is 1. The molecule has 1 aromatic heterocycles. The summed E-state index contributed by atoms with van der Waals surface area (Å²) < 4.78 is 13.6. The Morgan fingerprint density at radius 1 is 1.24 bits per heavy atom. The second-order valence-electron chi connectivity index (χ2n) is 6.26. The Morgan fingerprint density at radius 3 is 2.64 bits per heavy atom. The molecule has 0 unspecified atom stereocenters. The standard InChI is InChI=1S/C20H19FN2O2/c1-4-20(2,3)23-19(25)18-12-14(9-10-22-18)11-16(24)13-15-7-5-6-8-17(15)21/h1,5-10,12H,11,13H2,2-3H3,(H,23,25). The van der Waals surface area contributed by atoms with Crippen LogP contribution in [-0.4, -0.2) is 22.2 Å². The first-order valence-electron chi connectivity index (χ1n) is 7.81. The first kappa shape index (κ1) is 18.3. The number of hydrogen-bond donors (Lipinski definition) is 1. The summed E-state index contributed by atoms with van der Waals surface area (Å²) >= 11 is 0. The summed E-state index contributed by atoms with van der Waals surface area (Å²) in [6.07, 6.45) is 6.91. The van der Waals surface area contributed by atoms with Crippen molar-refractivity contribution >= 4 is 11.7 Å². The Bertz CT molecular complexity index is 838. The molecule has 1 heterocycles. The van der Waals surface area contributed by atoms with E-state index >= 15 is 0 Å². The number of nitrogens with one attached hydrogen (secondary N) is 1. The number of nitrogens with zero attached hydrogens (tertiary/aromatic N) is 1. The number of ketones is 1. The first-order valence-corrected chi connectivity index (χ1v) is 7.81. The minimum absolute atomic E-state index is 0.000645.